The van der Waals surface area contributed by atoms with Crippen LogP contribution >= 0.6 is 0 Å². The van der Waals surface area contributed by atoms with Crippen LogP contribution in [0.3, 0.4) is 0 Å². The zero-order valence-corrected chi connectivity index (χ0v) is 15.0. The number of hydrogen-bond donors (Lipinski definition) is 1. The van der Waals surface area contributed by atoms with Gasteiger partial charge < -0.3 is 5.32 Å². The summed E-state index contributed by atoms with van der Waals surface area (Å²) in [5, 5.41) is 2.92. The van der Waals surface area contributed by atoms with E-state index in [2.05, 4.69) is 29.6 Å². The molecule has 0 aliphatic carbocycles. The van der Waals surface area contributed by atoms with Gasteiger partial charge in [-0.1, -0.05) is 72.8 Å². The van der Waals surface area contributed by atoms with E-state index in [1.165, 1.54) is 29.3 Å². The van der Waals surface area contributed by atoms with E-state index in [1.807, 2.05) is 36.4 Å². The molecular weight excluding hydrogens is 337 g/mol. The summed E-state index contributed by atoms with van der Waals surface area (Å²) in [6, 6.07) is 26.8. The smallest absolute Gasteiger partial charge is 0.243 e. The van der Waals surface area contributed by atoms with Crippen molar-refractivity contribution < 1.29 is 9.18 Å². The molecule has 0 radical (unpaired) electrons. The summed E-state index contributed by atoms with van der Waals surface area (Å²) in [7, 11) is 0. The zero-order valence-electron chi connectivity index (χ0n) is 15.0. The summed E-state index contributed by atoms with van der Waals surface area (Å²) in [6.45, 7) is 0.556. The van der Waals surface area contributed by atoms with Gasteiger partial charge >= 0.3 is 0 Å². The number of benzene rings is 3. The summed E-state index contributed by atoms with van der Waals surface area (Å²) < 4.78 is 13.2. The van der Waals surface area contributed by atoms with Gasteiger partial charge in [0, 0.05) is 18.5 Å². The van der Waals surface area contributed by atoms with Crippen LogP contribution in [0.4, 0.5) is 4.39 Å². The van der Waals surface area contributed by atoms with Gasteiger partial charge in [0.25, 0.3) is 0 Å². The number of carbonyl (C=O) groups excluding carboxylic acids is 1. The first-order valence-electron chi connectivity index (χ1n) is 9.04. The van der Waals surface area contributed by atoms with Crippen LogP contribution in [0.2, 0.25) is 0 Å². The molecule has 0 atom stereocenters. The molecule has 0 bridgehead atoms. The van der Waals surface area contributed by atoms with Crippen LogP contribution in [0.15, 0.2) is 91.0 Å². The van der Waals surface area contributed by atoms with Gasteiger partial charge in [-0.25, -0.2) is 4.39 Å². The number of carbonyl (C=O) groups is 1. The highest BCUT2D eigenvalue weighted by Gasteiger charge is 2.13. The monoisotopic (exact) mass is 359 g/mol. The highest BCUT2D eigenvalue weighted by atomic mass is 19.1. The quantitative estimate of drug-likeness (QED) is 0.579. The lowest BCUT2D eigenvalue weighted by atomic mass is 9.88. The number of halogens is 1. The van der Waals surface area contributed by atoms with Crippen molar-refractivity contribution in [2.75, 3.05) is 6.54 Å². The number of rotatable bonds is 7. The Hall–Kier alpha value is -3.20. The third-order valence-corrected chi connectivity index (χ3v) is 4.41. The molecule has 0 fully saturated rings. The van der Waals surface area contributed by atoms with E-state index in [1.54, 1.807) is 18.2 Å². The van der Waals surface area contributed by atoms with Crippen molar-refractivity contribution in [1.82, 2.24) is 5.32 Å². The maximum Gasteiger partial charge on any atom is 0.243 e. The lowest BCUT2D eigenvalue weighted by Gasteiger charge is -2.18. The lowest BCUT2D eigenvalue weighted by Crippen LogP contribution is -2.23. The predicted octanol–water partition coefficient (Wildman–Crippen LogP) is 5.18. The number of hydrogen-bond acceptors (Lipinski definition) is 1. The Balaban J connectivity index is 1.60. The third-order valence-electron chi connectivity index (χ3n) is 4.41. The van der Waals surface area contributed by atoms with Crippen LogP contribution in [0.1, 0.15) is 29.0 Å². The Kier molecular flexibility index (Phi) is 6.53. The van der Waals surface area contributed by atoms with Gasteiger partial charge in [0.2, 0.25) is 5.91 Å². The first-order valence-corrected chi connectivity index (χ1v) is 9.04. The van der Waals surface area contributed by atoms with Gasteiger partial charge in [-0.2, -0.15) is 0 Å². The first-order chi connectivity index (χ1) is 13.2. The van der Waals surface area contributed by atoms with Crippen molar-refractivity contribution in [3.05, 3.63) is 114 Å². The van der Waals surface area contributed by atoms with Crippen molar-refractivity contribution in [3.63, 3.8) is 0 Å². The summed E-state index contributed by atoms with van der Waals surface area (Å²) in [5.74, 6) is -0.273. The van der Waals surface area contributed by atoms with Crippen LogP contribution in [0.5, 0.6) is 0 Å². The van der Waals surface area contributed by atoms with Gasteiger partial charge in [0.1, 0.15) is 5.82 Å². The summed E-state index contributed by atoms with van der Waals surface area (Å²) in [5.41, 5.74) is 3.12. The Morgan fingerprint density at radius 3 is 2.11 bits per heavy atom. The molecule has 0 heterocycles. The van der Waals surface area contributed by atoms with E-state index in [-0.39, 0.29) is 17.6 Å². The molecule has 0 unspecified atom stereocenters. The maximum absolute atomic E-state index is 13.2. The second-order valence-electron chi connectivity index (χ2n) is 6.34. The largest absolute Gasteiger partial charge is 0.353 e. The number of nitrogens with one attached hydrogen (secondary N) is 1. The molecule has 1 amide bonds. The van der Waals surface area contributed by atoms with E-state index in [9.17, 15) is 9.18 Å². The molecule has 0 saturated carbocycles. The van der Waals surface area contributed by atoms with Crippen LogP contribution in [-0.2, 0) is 4.79 Å². The minimum atomic E-state index is -0.314. The normalized spacial score (nSPS) is 11.0. The average Bonchev–Trinajstić information content (AvgIpc) is 2.71. The molecule has 3 heteroatoms. The van der Waals surface area contributed by atoms with Crippen molar-refractivity contribution in [2.45, 2.75) is 12.3 Å². The fourth-order valence-corrected chi connectivity index (χ4v) is 3.08. The van der Waals surface area contributed by atoms with Crippen LogP contribution in [0, 0.1) is 5.82 Å². The molecule has 3 aromatic rings. The molecular formula is C24H22FNO. The van der Waals surface area contributed by atoms with E-state index in [0.29, 0.717) is 12.1 Å². The minimum absolute atomic E-state index is 0.181. The molecule has 1 N–H and O–H groups in total. The molecule has 27 heavy (non-hydrogen) atoms. The lowest BCUT2D eigenvalue weighted by molar-refractivity contribution is -0.116. The van der Waals surface area contributed by atoms with Crippen LogP contribution < -0.4 is 5.32 Å². The maximum atomic E-state index is 13.2. The van der Waals surface area contributed by atoms with Gasteiger partial charge in [0.05, 0.1) is 0 Å². The van der Waals surface area contributed by atoms with Crippen molar-refractivity contribution in [2.24, 2.45) is 0 Å². The Morgan fingerprint density at radius 2 is 1.52 bits per heavy atom. The molecule has 0 saturated heterocycles. The average molecular weight is 359 g/mol. The highest BCUT2D eigenvalue weighted by molar-refractivity contribution is 5.91. The third kappa shape index (κ3) is 5.65. The first kappa shape index (κ1) is 18.6. The molecule has 3 aromatic carbocycles. The summed E-state index contributed by atoms with van der Waals surface area (Å²) in [6.07, 6.45) is 3.85. The summed E-state index contributed by atoms with van der Waals surface area (Å²) >= 11 is 0. The highest BCUT2D eigenvalue weighted by Crippen LogP contribution is 2.27. The van der Waals surface area contributed by atoms with Gasteiger partial charge in [-0.05, 0) is 41.3 Å². The Bertz CT molecular complexity index is 851. The summed E-state index contributed by atoms with van der Waals surface area (Å²) in [4.78, 5) is 12.1. The van der Waals surface area contributed by atoms with Crippen molar-refractivity contribution in [1.29, 1.82) is 0 Å². The molecule has 0 aliphatic rings. The molecule has 0 aliphatic heterocycles. The molecule has 3 rings (SSSR count). The van der Waals surface area contributed by atoms with Crippen LogP contribution in [-0.4, -0.2) is 12.5 Å². The number of amides is 1. The van der Waals surface area contributed by atoms with Crippen molar-refractivity contribution in [3.8, 4) is 0 Å². The van der Waals surface area contributed by atoms with Crippen molar-refractivity contribution >= 4 is 12.0 Å². The Labute approximate surface area is 159 Å². The Morgan fingerprint density at radius 1 is 0.889 bits per heavy atom. The second kappa shape index (κ2) is 9.48. The van der Waals surface area contributed by atoms with Crippen LogP contribution in [0.25, 0.3) is 6.08 Å². The SMILES string of the molecule is O=C(/C=C/c1cccc(F)c1)NCCC(c1ccccc1)c1ccccc1. The second-order valence-corrected chi connectivity index (χ2v) is 6.34. The van der Waals surface area contributed by atoms with E-state index >= 15 is 0 Å². The molecule has 0 aromatic heterocycles. The minimum Gasteiger partial charge on any atom is -0.353 e. The standard InChI is InChI=1S/C24H22FNO/c25-22-13-7-8-19(18-22)14-15-24(27)26-17-16-23(20-9-3-1-4-10-20)21-11-5-2-6-12-21/h1-15,18,23H,16-17H2,(H,26,27)/b15-14+. The fourth-order valence-electron chi connectivity index (χ4n) is 3.08. The topological polar surface area (TPSA) is 29.1 Å². The van der Waals surface area contributed by atoms with E-state index in [4.69, 9.17) is 0 Å². The molecule has 0 spiro atoms. The predicted molar refractivity (Wildman–Crippen MR) is 108 cm³/mol. The van der Waals surface area contributed by atoms with E-state index < -0.39 is 0 Å². The molecule has 2 nitrogen and oxygen atoms in total. The van der Waals surface area contributed by atoms with Gasteiger partial charge in [-0.15, -0.1) is 0 Å². The molecule has 136 valence electrons. The van der Waals surface area contributed by atoms with Gasteiger partial charge in [0.15, 0.2) is 0 Å². The van der Waals surface area contributed by atoms with E-state index in [0.717, 1.165) is 6.42 Å². The fraction of sp³-hybridized carbons (Fsp3) is 0.125. The zero-order chi connectivity index (χ0) is 18.9. The van der Waals surface area contributed by atoms with Gasteiger partial charge in [-0.3, -0.25) is 4.79 Å².